The van der Waals surface area contributed by atoms with Crippen molar-refractivity contribution in [2.75, 3.05) is 7.05 Å². The van der Waals surface area contributed by atoms with Crippen molar-refractivity contribution < 1.29 is 9.21 Å². The second-order valence-electron chi connectivity index (χ2n) is 6.23. The number of rotatable bonds is 4. The van der Waals surface area contributed by atoms with Crippen molar-refractivity contribution in [3.05, 3.63) is 72.2 Å². The monoisotopic (exact) mass is 346 g/mol. The summed E-state index contributed by atoms with van der Waals surface area (Å²) in [5.41, 5.74) is 2.99. The van der Waals surface area contributed by atoms with Gasteiger partial charge in [0.1, 0.15) is 5.69 Å². The molecule has 26 heavy (non-hydrogen) atoms. The smallest absolute Gasteiger partial charge is 0.254 e. The number of carbonyl (C=O) groups excluding carboxylic acids is 1. The molecule has 0 unspecified atom stereocenters. The van der Waals surface area contributed by atoms with Crippen LogP contribution in [0.4, 0.5) is 0 Å². The van der Waals surface area contributed by atoms with Gasteiger partial charge in [0.15, 0.2) is 5.76 Å². The molecule has 0 saturated carbocycles. The molecule has 0 saturated heterocycles. The number of furan rings is 1. The zero-order valence-corrected chi connectivity index (χ0v) is 14.6. The largest absolute Gasteiger partial charge is 0.463 e. The minimum absolute atomic E-state index is 0.0692. The van der Waals surface area contributed by atoms with E-state index in [-0.39, 0.29) is 5.91 Å². The van der Waals surface area contributed by atoms with Crippen LogP contribution < -0.4 is 0 Å². The van der Waals surface area contributed by atoms with Crippen LogP contribution in [0.25, 0.3) is 22.4 Å². The summed E-state index contributed by atoms with van der Waals surface area (Å²) < 4.78 is 7.19. The van der Waals surface area contributed by atoms with Crippen LogP contribution in [-0.2, 0) is 13.6 Å². The Labute approximate surface area is 150 Å². The third kappa shape index (κ3) is 2.97. The third-order valence-corrected chi connectivity index (χ3v) is 4.25. The molecule has 0 atom stereocenters. The molecule has 0 radical (unpaired) electrons. The average molecular weight is 346 g/mol. The Bertz CT molecular complexity index is 1070. The fraction of sp³-hybridized carbons (Fsp3) is 0.150. The number of fused-ring (bicyclic) bond motifs is 1. The molecule has 1 aromatic carbocycles. The standard InChI is InChI=1S/C20H18N4O2/c1-23(12-14-11-21-24(2)13-14)20(25)16-10-18(19-8-5-9-26-19)22-17-7-4-3-6-15(16)17/h3-11,13H,12H2,1-2H3. The van der Waals surface area contributed by atoms with Crippen LogP contribution >= 0.6 is 0 Å². The number of nitrogens with zero attached hydrogens (tertiary/aromatic N) is 4. The first-order chi connectivity index (χ1) is 12.6. The van der Waals surface area contributed by atoms with Crippen LogP contribution in [0.5, 0.6) is 0 Å². The van der Waals surface area contributed by atoms with E-state index in [0.29, 0.717) is 23.6 Å². The van der Waals surface area contributed by atoms with Gasteiger partial charge in [-0.1, -0.05) is 18.2 Å². The van der Waals surface area contributed by atoms with E-state index < -0.39 is 0 Å². The van der Waals surface area contributed by atoms with Gasteiger partial charge in [0.05, 0.1) is 23.5 Å². The number of pyridine rings is 1. The van der Waals surface area contributed by atoms with Crippen LogP contribution in [-0.4, -0.2) is 32.6 Å². The number of aromatic nitrogens is 3. The van der Waals surface area contributed by atoms with Gasteiger partial charge in [-0.2, -0.15) is 5.10 Å². The summed E-state index contributed by atoms with van der Waals surface area (Å²) in [6.07, 6.45) is 5.27. The van der Waals surface area contributed by atoms with E-state index in [0.717, 1.165) is 16.5 Å². The fourth-order valence-corrected chi connectivity index (χ4v) is 3.01. The molecule has 1 amide bonds. The van der Waals surface area contributed by atoms with Gasteiger partial charge in [0.25, 0.3) is 5.91 Å². The molecule has 0 bridgehead atoms. The Morgan fingerprint density at radius 2 is 2.08 bits per heavy atom. The maximum atomic E-state index is 13.1. The first kappa shape index (κ1) is 16.1. The zero-order chi connectivity index (χ0) is 18.1. The summed E-state index contributed by atoms with van der Waals surface area (Å²) in [4.78, 5) is 19.4. The summed E-state index contributed by atoms with van der Waals surface area (Å²) in [5.74, 6) is 0.569. The Morgan fingerprint density at radius 1 is 1.23 bits per heavy atom. The van der Waals surface area contributed by atoms with Crippen LogP contribution in [0.1, 0.15) is 15.9 Å². The summed E-state index contributed by atoms with van der Waals surface area (Å²) in [6.45, 7) is 0.486. The fourth-order valence-electron chi connectivity index (χ4n) is 3.01. The number of hydrogen-bond donors (Lipinski definition) is 0. The van der Waals surface area contributed by atoms with Crippen molar-refractivity contribution in [3.63, 3.8) is 0 Å². The SMILES string of the molecule is CN(Cc1cnn(C)c1)C(=O)c1cc(-c2ccco2)nc2ccccc12. The van der Waals surface area contributed by atoms with Gasteiger partial charge in [-0.3, -0.25) is 9.48 Å². The highest BCUT2D eigenvalue weighted by molar-refractivity contribution is 6.07. The Balaban J connectivity index is 1.75. The Hall–Kier alpha value is -3.41. The van der Waals surface area contributed by atoms with Crippen LogP contribution in [0.15, 0.2) is 65.5 Å². The summed E-state index contributed by atoms with van der Waals surface area (Å²) in [5, 5.41) is 4.98. The lowest BCUT2D eigenvalue weighted by molar-refractivity contribution is 0.0787. The topological polar surface area (TPSA) is 64.2 Å². The molecule has 4 aromatic rings. The van der Waals surface area contributed by atoms with E-state index in [9.17, 15) is 4.79 Å². The lowest BCUT2D eigenvalue weighted by Gasteiger charge is -2.18. The highest BCUT2D eigenvalue weighted by Crippen LogP contribution is 2.26. The number of para-hydroxylation sites is 1. The van der Waals surface area contributed by atoms with Crippen LogP contribution in [0.3, 0.4) is 0 Å². The lowest BCUT2D eigenvalue weighted by Crippen LogP contribution is -2.26. The van der Waals surface area contributed by atoms with Gasteiger partial charge >= 0.3 is 0 Å². The minimum atomic E-state index is -0.0692. The molecule has 130 valence electrons. The Kier molecular flexibility index (Phi) is 4.01. The molecule has 0 aliphatic carbocycles. The normalized spacial score (nSPS) is 11.0. The molecule has 0 aliphatic heterocycles. The zero-order valence-electron chi connectivity index (χ0n) is 14.6. The highest BCUT2D eigenvalue weighted by atomic mass is 16.3. The minimum Gasteiger partial charge on any atom is -0.463 e. The molecular formula is C20H18N4O2. The van der Waals surface area contributed by atoms with E-state index in [2.05, 4.69) is 10.1 Å². The van der Waals surface area contributed by atoms with Crippen molar-refractivity contribution in [2.45, 2.75) is 6.54 Å². The van der Waals surface area contributed by atoms with E-state index in [1.165, 1.54) is 0 Å². The summed E-state index contributed by atoms with van der Waals surface area (Å²) in [7, 11) is 3.65. The second-order valence-corrected chi connectivity index (χ2v) is 6.23. The second kappa shape index (κ2) is 6.48. The van der Waals surface area contributed by atoms with Gasteiger partial charge in [-0.05, 0) is 24.3 Å². The molecule has 3 aromatic heterocycles. The van der Waals surface area contributed by atoms with Crippen molar-refractivity contribution in [1.29, 1.82) is 0 Å². The van der Waals surface area contributed by atoms with Gasteiger partial charge < -0.3 is 9.32 Å². The number of aryl methyl sites for hydroxylation is 1. The number of benzene rings is 1. The van der Waals surface area contributed by atoms with Gasteiger partial charge in [-0.25, -0.2) is 4.98 Å². The predicted octanol–water partition coefficient (Wildman–Crippen LogP) is 3.50. The number of hydrogen-bond acceptors (Lipinski definition) is 4. The maximum Gasteiger partial charge on any atom is 0.254 e. The van der Waals surface area contributed by atoms with Crippen molar-refractivity contribution in [3.8, 4) is 11.5 Å². The van der Waals surface area contributed by atoms with Gasteiger partial charge in [0, 0.05) is 37.8 Å². The van der Waals surface area contributed by atoms with Gasteiger partial charge in [-0.15, -0.1) is 0 Å². The number of amides is 1. The summed E-state index contributed by atoms with van der Waals surface area (Å²) >= 11 is 0. The molecule has 6 nitrogen and oxygen atoms in total. The van der Waals surface area contributed by atoms with E-state index in [1.807, 2.05) is 49.6 Å². The highest BCUT2D eigenvalue weighted by Gasteiger charge is 2.18. The van der Waals surface area contributed by atoms with Crippen molar-refractivity contribution >= 4 is 16.8 Å². The quantitative estimate of drug-likeness (QED) is 0.567. The first-order valence-electron chi connectivity index (χ1n) is 8.28. The van der Waals surface area contributed by atoms with E-state index >= 15 is 0 Å². The van der Waals surface area contributed by atoms with Crippen molar-refractivity contribution in [1.82, 2.24) is 19.7 Å². The van der Waals surface area contributed by atoms with Crippen LogP contribution in [0, 0.1) is 0 Å². The predicted molar refractivity (Wildman–Crippen MR) is 98.5 cm³/mol. The molecule has 3 heterocycles. The van der Waals surface area contributed by atoms with Gasteiger partial charge in [0.2, 0.25) is 0 Å². The Morgan fingerprint density at radius 3 is 2.81 bits per heavy atom. The maximum absolute atomic E-state index is 13.1. The summed E-state index contributed by atoms with van der Waals surface area (Å²) in [6, 6.07) is 13.1. The molecule has 0 aliphatic rings. The molecule has 0 fully saturated rings. The molecule has 0 N–H and O–H groups in total. The third-order valence-electron chi connectivity index (χ3n) is 4.25. The van der Waals surface area contributed by atoms with Crippen LogP contribution in [0.2, 0.25) is 0 Å². The van der Waals surface area contributed by atoms with E-state index in [1.54, 1.807) is 35.2 Å². The average Bonchev–Trinajstić information content (AvgIpc) is 3.32. The first-order valence-corrected chi connectivity index (χ1v) is 8.28. The molecular weight excluding hydrogens is 328 g/mol. The number of carbonyl (C=O) groups is 1. The van der Waals surface area contributed by atoms with Crippen molar-refractivity contribution in [2.24, 2.45) is 7.05 Å². The molecule has 0 spiro atoms. The lowest BCUT2D eigenvalue weighted by atomic mass is 10.1. The molecule has 6 heteroatoms. The van der Waals surface area contributed by atoms with E-state index in [4.69, 9.17) is 4.42 Å². The molecule has 4 rings (SSSR count).